The van der Waals surface area contributed by atoms with Crippen LogP contribution in [0.4, 0.5) is 5.82 Å². The van der Waals surface area contributed by atoms with Crippen molar-refractivity contribution in [1.82, 2.24) is 10.2 Å². The highest BCUT2D eigenvalue weighted by Crippen LogP contribution is 2.20. The lowest BCUT2D eigenvalue weighted by atomic mass is 10.1. The van der Waals surface area contributed by atoms with E-state index >= 15 is 0 Å². The second kappa shape index (κ2) is 4.71. The van der Waals surface area contributed by atoms with Crippen molar-refractivity contribution in [1.29, 1.82) is 0 Å². The minimum Gasteiger partial charge on any atom is -0.393 e. The van der Waals surface area contributed by atoms with E-state index in [0.717, 1.165) is 37.3 Å². The number of aliphatic hydroxyl groups excluding tert-OH is 1. The first-order valence-electron chi connectivity index (χ1n) is 5.23. The molecule has 16 heavy (non-hydrogen) atoms. The zero-order valence-electron chi connectivity index (χ0n) is 8.83. The molecule has 5 nitrogen and oxygen atoms in total. The van der Waals surface area contributed by atoms with Crippen LogP contribution in [-0.2, 0) is 0 Å². The van der Waals surface area contributed by atoms with Crippen molar-refractivity contribution < 1.29 is 5.11 Å². The van der Waals surface area contributed by atoms with Gasteiger partial charge in [-0.1, -0.05) is 12.2 Å². The Labute approximate surface area is 99.3 Å². The molecule has 3 N–H and O–H groups in total. The van der Waals surface area contributed by atoms with Gasteiger partial charge in [0.2, 0.25) is 0 Å². The van der Waals surface area contributed by atoms with Crippen molar-refractivity contribution in [3.05, 3.63) is 17.8 Å². The van der Waals surface area contributed by atoms with Gasteiger partial charge in [-0.25, -0.2) is 0 Å². The third-order valence-electron chi connectivity index (χ3n) is 2.73. The van der Waals surface area contributed by atoms with Crippen molar-refractivity contribution in [2.75, 3.05) is 18.0 Å². The van der Waals surface area contributed by atoms with Crippen molar-refractivity contribution in [3.8, 4) is 0 Å². The lowest BCUT2D eigenvalue weighted by Crippen LogP contribution is -2.37. The van der Waals surface area contributed by atoms with E-state index < -0.39 is 0 Å². The maximum atomic E-state index is 9.44. The Hall–Kier alpha value is -1.27. The summed E-state index contributed by atoms with van der Waals surface area (Å²) in [5.74, 6) is 0.724. The highest BCUT2D eigenvalue weighted by molar-refractivity contribution is 7.80. The summed E-state index contributed by atoms with van der Waals surface area (Å²) in [7, 11) is 0. The highest BCUT2D eigenvalue weighted by Gasteiger charge is 2.21. The van der Waals surface area contributed by atoms with Gasteiger partial charge in [0.25, 0.3) is 0 Å². The molecular formula is C10H14N4OS. The highest BCUT2D eigenvalue weighted by atomic mass is 32.1. The number of hydrogen-bond donors (Lipinski definition) is 2. The van der Waals surface area contributed by atoms with Gasteiger partial charge in [0, 0.05) is 13.1 Å². The monoisotopic (exact) mass is 238 g/mol. The SMILES string of the molecule is NC(=S)c1ccnnc1N1CCC(O)CC1. The molecule has 2 heterocycles. The van der Waals surface area contributed by atoms with Crippen molar-refractivity contribution >= 4 is 23.0 Å². The van der Waals surface area contributed by atoms with E-state index in [4.69, 9.17) is 18.0 Å². The maximum absolute atomic E-state index is 9.44. The fourth-order valence-electron chi connectivity index (χ4n) is 1.83. The Bertz CT molecular complexity index is 390. The van der Waals surface area contributed by atoms with Crippen molar-refractivity contribution in [2.24, 2.45) is 5.73 Å². The summed E-state index contributed by atoms with van der Waals surface area (Å²) in [6.45, 7) is 1.52. The third kappa shape index (κ3) is 2.28. The van der Waals surface area contributed by atoms with E-state index in [9.17, 15) is 5.11 Å². The molecule has 1 aromatic heterocycles. The fraction of sp³-hybridized carbons (Fsp3) is 0.500. The Morgan fingerprint density at radius 2 is 2.19 bits per heavy atom. The number of nitrogens with zero attached hydrogens (tertiary/aromatic N) is 3. The second-order valence-corrected chi connectivity index (χ2v) is 4.29. The van der Waals surface area contributed by atoms with Crippen LogP contribution in [0.25, 0.3) is 0 Å². The van der Waals surface area contributed by atoms with E-state index in [1.165, 1.54) is 0 Å². The quantitative estimate of drug-likeness (QED) is 0.710. The Balaban J connectivity index is 2.23. The van der Waals surface area contributed by atoms with Crippen molar-refractivity contribution in [2.45, 2.75) is 18.9 Å². The molecule has 0 aliphatic carbocycles. The fourth-order valence-corrected chi connectivity index (χ4v) is 1.99. The molecule has 86 valence electrons. The number of hydrogen-bond acceptors (Lipinski definition) is 5. The van der Waals surface area contributed by atoms with Crippen molar-refractivity contribution in [3.63, 3.8) is 0 Å². The lowest BCUT2D eigenvalue weighted by Gasteiger charge is -2.31. The smallest absolute Gasteiger partial charge is 0.161 e. The summed E-state index contributed by atoms with van der Waals surface area (Å²) >= 11 is 4.98. The predicted molar refractivity (Wildman–Crippen MR) is 65.4 cm³/mol. The first kappa shape index (κ1) is 11.2. The molecular weight excluding hydrogens is 224 g/mol. The van der Waals surface area contributed by atoms with Crippen LogP contribution in [0.3, 0.4) is 0 Å². The number of nitrogens with two attached hydrogens (primary N) is 1. The minimum absolute atomic E-state index is 0.207. The molecule has 1 fully saturated rings. The molecule has 0 radical (unpaired) electrons. The summed E-state index contributed by atoms with van der Waals surface area (Å²) < 4.78 is 0. The molecule has 6 heteroatoms. The van der Waals surface area contributed by atoms with Gasteiger partial charge in [-0.2, -0.15) is 5.10 Å². The molecule has 0 saturated carbocycles. The average Bonchev–Trinajstić information content (AvgIpc) is 2.30. The van der Waals surface area contributed by atoms with Crippen LogP contribution < -0.4 is 10.6 Å². The topological polar surface area (TPSA) is 75.3 Å². The van der Waals surface area contributed by atoms with Gasteiger partial charge in [-0.05, 0) is 18.9 Å². The van der Waals surface area contributed by atoms with Crippen LogP contribution in [-0.4, -0.2) is 39.5 Å². The summed E-state index contributed by atoms with van der Waals surface area (Å²) in [6.07, 6.45) is 2.86. The Morgan fingerprint density at radius 1 is 1.50 bits per heavy atom. The number of aliphatic hydroxyl groups is 1. The third-order valence-corrected chi connectivity index (χ3v) is 2.95. The van der Waals surface area contributed by atoms with Crippen LogP contribution in [0.15, 0.2) is 12.3 Å². The van der Waals surface area contributed by atoms with Gasteiger partial charge >= 0.3 is 0 Å². The number of anilines is 1. The predicted octanol–water partition coefficient (Wildman–Crippen LogP) is 0.0719. The summed E-state index contributed by atoms with van der Waals surface area (Å²) in [5.41, 5.74) is 6.39. The van der Waals surface area contributed by atoms with Gasteiger partial charge < -0.3 is 15.7 Å². The van der Waals surface area contributed by atoms with E-state index in [2.05, 4.69) is 15.1 Å². The zero-order valence-corrected chi connectivity index (χ0v) is 9.65. The molecule has 0 aromatic carbocycles. The lowest BCUT2D eigenvalue weighted by molar-refractivity contribution is 0.145. The van der Waals surface area contributed by atoms with Crippen LogP contribution >= 0.6 is 12.2 Å². The number of piperidine rings is 1. The first-order chi connectivity index (χ1) is 7.68. The number of aromatic nitrogens is 2. The van der Waals surface area contributed by atoms with Crippen LogP contribution in [0.5, 0.6) is 0 Å². The summed E-state index contributed by atoms with van der Waals surface area (Å²) in [6, 6.07) is 1.77. The molecule has 1 aliphatic heterocycles. The molecule has 0 amide bonds. The minimum atomic E-state index is -0.207. The number of thiocarbonyl (C=S) groups is 1. The molecule has 0 unspecified atom stereocenters. The molecule has 0 bridgehead atoms. The standard InChI is InChI=1S/C10H14N4OS/c11-9(16)8-1-4-12-13-10(8)14-5-2-7(15)3-6-14/h1,4,7,15H,2-3,5-6H2,(H2,11,16). The molecule has 1 saturated heterocycles. The Morgan fingerprint density at radius 3 is 2.81 bits per heavy atom. The largest absolute Gasteiger partial charge is 0.393 e. The van der Waals surface area contributed by atoms with E-state index in [-0.39, 0.29) is 6.10 Å². The van der Waals surface area contributed by atoms with Gasteiger partial charge in [-0.3, -0.25) is 0 Å². The van der Waals surface area contributed by atoms with Crippen LogP contribution in [0, 0.1) is 0 Å². The van der Waals surface area contributed by atoms with Gasteiger partial charge in [0.05, 0.1) is 17.9 Å². The van der Waals surface area contributed by atoms with Gasteiger partial charge in [-0.15, -0.1) is 5.10 Å². The van der Waals surface area contributed by atoms with Gasteiger partial charge in [0.15, 0.2) is 5.82 Å². The molecule has 0 spiro atoms. The van der Waals surface area contributed by atoms with Crippen LogP contribution in [0.2, 0.25) is 0 Å². The Kier molecular flexibility index (Phi) is 3.31. The normalized spacial score (nSPS) is 17.4. The summed E-state index contributed by atoms with van der Waals surface area (Å²) in [5, 5.41) is 17.4. The molecule has 2 rings (SSSR count). The number of rotatable bonds is 2. The van der Waals surface area contributed by atoms with E-state index in [1.807, 2.05) is 0 Å². The first-order valence-corrected chi connectivity index (χ1v) is 5.64. The molecule has 0 atom stereocenters. The second-order valence-electron chi connectivity index (χ2n) is 3.85. The summed E-state index contributed by atoms with van der Waals surface area (Å²) in [4.78, 5) is 2.39. The van der Waals surface area contributed by atoms with Crippen LogP contribution in [0.1, 0.15) is 18.4 Å². The van der Waals surface area contributed by atoms with E-state index in [0.29, 0.717) is 4.99 Å². The zero-order chi connectivity index (χ0) is 11.5. The van der Waals surface area contributed by atoms with Gasteiger partial charge in [0.1, 0.15) is 4.99 Å². The maximum Gasteiger partial charge on any atom is 0.161 e. The van der Waals surface area contributed by atoms with E-state index in [1.54, 1.807) is 12.3 Å². The molecule has 1 aromatic rings. The average molecular weight is 238 g/mol. The molecule has 1 aliphatic rings.